The molecule has 0 aromatic heterocycles. The molecule has 18 heavy (non-hydrogen) atoms. The van der Waals surface area contributed by atoms with Crippen molar-refractivity contribution in [3.63, 3.8) is 0 Å². The van der Waals surface area contributed by atoms with E-state index in [0.29, 0.717) is 19.5 Å². The van der Waals surface area contributed by atoms with Gasteiger partial charge in [0.1, 0.15) is 0 Å². The molecule has 1 heterocycles. The van der Waals surface area contributed by atoms with Gasteiger partial charge in [-0.3, -0.25) is 4.79 Å². The molecule has 0 saturated carbocycles. The Kier molecular flexibility index (Phi) is 6.05. The minimum Gasteiger partial charge on any atom is -0.391 e. The Morgan fingerprint density at radius 3 is 2.78 bits per heavy atom. The van der Waals surface area contributed by atoms with E-state index in [0.717, 1.165) is 13.1 Å². The molecule has 1 amide bonds. The molecule has 0 spiro atoms. The van der Waals surface area contributed by atoms with E-state index >= 15 is 0 Å². The highest BCUT2D eigenvalue weighted by atomic mass is 16.3. The van der Waals surface area contributed by atoms with E-state index in [2.05, 4.69) is 10.2 Å². The number of hydrogen-bond acceptors (Lipinski definition) is 4. The third-order valence-corrected chi connectivity index (χ3v) is 3.37. The molecule has 0 aliphatic carbocycles. The fourth-order valence-corrected chi connectivity index (χ4v) is 2.49. The largest absolute Gasteiger partial charge is 0.391 e. The van der Waals surface area contributed by atoms with Crippen molar-refractivity contribution in [2.75, 3.05) is 40.3 Å². The average Bonchev–Trinajstić information content (AvgIpc) is 2.65. The van der Waals surface area contributed by atoms with E-state index in [1.54, 1.807) is 0 Å². The van der Waals surface area contributed by atoms with Gasteiger partial charge >= 0.3 is 0 Å². The molecular weight excluding hydrogens is 230 g/mol. The minimum absolute atomic E-state index is 0.0279. The van der Waals surface area contributed by atoms with Crippen molar-refractivity contribution in [2.24, 2.45) is 5.92 Å². The van der Waals surface area contributed by atoms with Crippen molar-refractivity contribution >= 4 is 5.91 Å². The second-order valence-electron chi connectivity index (χ2n) is 5.50. The van der Waals surface area contributed by atoms with Gasteiger partial charge in [0.15, 0.2) is 0 Å². The average molecular weight is 257 g/mol. The van der Waals surface area contributed by atoms with Crippen LogP contribution in [0.5, 0.6) is 0 Å². The first-order valence-electron chi connectivity index (χ1n) is 6.79. The number of amides is 1. The first kappa shape index (κ1) is 15.4. The third-order valence-electron chi connectivity index (χ3n) is 3.37. The highest BCUT2D eigenvalue weighted by molar-refractivity contribution is 5.79. The molecule has 3 unspecified atom stereocenters. The number of β-amino-alcohol motifs (C(OH)–C–C–N with tert-alkyl or cyclic N) is 1. The van der Waals surface area contributed by atoms with Gasteiger partial charge in [0.2, 0.25) is 5.91 Å². The molecule has 1 aliphatic rings. The molecule has 1 rings (SSSR count). The Morgan fingerprint density at radius 1 is 1.56 bits per heavy atom. The summed E-state index contributed by atoms with van der Waals surface area (Å²) in [6.45, 7) is 6.86. The summed E-state index contributed by atoms with van der Waals surface area (Å²) in [6.07, 6.45) is 0.322. The molecule has 2 N–H and O–H groups in total. The molecule has 0 aromatic rings. The fraction of sp³-hybridized carbons (Fsp3) is 0.923. The molecule has 5 heteroatoms. The predicted octanol–water partition coefficient (Wildman–Crippen LogP) is -0.245. The first-order valence-corrected chi connectivity index (χ1v) is 6.79. The van der Waals surface area contributed by atoms with Crippen LogP contribution in [0.3, 0.4) is 0 Å². The maximum Gasteiger partial charge on any atom is 0.227 e. The summed E-state index contributed by atoms with van der Waals surface area (Å²) in [5.41, 5.74) is 0. The van der Waals surface area contributed by atoms with Crippen molar-refractivity contribution in [3.05, 3.63) is 0 Å². The number of rotatable bonds is 6. The minimum atomic E-state index is -0.370. The molecule has 3 atom stereocenters. The van der Waals surface area contributed by atoms with Crippen LogP contribution in [0.2, 0.25) is 0 Å². The summed E-state index contributed by atoms with van der Waals surface area (Å²) < 4.78 is 0. The zero-order chi connectivity index (χ0) is 13.7. The summed E-state index contributed by atoms with van der Waals surface area (Å²) in [7, 11) is 3.99. The number of nitrogens with one attached hydrogen (secondary N) is 1. The van der Waals surface area contributed by atoms with E-state index < -0.39 is 0 Å². The Morgan fingerprint density at radius 2 is 2.22 bits per heavy atom. The van der Waals surface area contributed by atoms with Gasteiger partial charge in [-0.25, -0.2) is 0 Å². The second-order valence-corrected chi connectivity index (χ2v) is 5.50. The molecule has 1 fully saturated rings. The van der Waals surface area contributed by atoms with Crippen molar-refractivity contribution in [1.29, 1.82) is 0 Å². The van der Waals surface area contributed by atoms with Crippen molar-refractivity contribution in [2.45, 2.75) is 32.4 Å². The maximum absolute atomic E-state index is 12.3. The molecule has 5 nitrogen and oxygen atoms in total. The highest BCUT2D eigenvalue weighted by Crippen LogP contribution is 2.20. The van der Waals surface area contributed by atoms with Gasteiger partial charge in [-0.15, -0.1) is 0 Å². The van der Waals surface area contributed by atoms with Crippen molar-refractivity contribution in [1.82, 2.24) is 15.1 Å². The first-order chi connectivity index (χ1) is 8.45. The molecular formula is C13H27N3O2. The lowest BCUT2D eigenvalue weighted by Crippen LogP contribution is -2.45. The topological polar surface area (TPSA) is 55.8 Å². The summed E-state index contributed by atoms with van der Waals surface area (Å²) in [5.74, 6) is 0.124. The normalized spacial score (nSPS) is 25.8. The fourth-order valence-electron chi connectivity index (χ4n) is 2.49. The number of aliphatic hydroxyl groups excluding tert-OH is 1. The van der Waals surface area contributed by atoms with Crippen LogP contribution in [-0.2, 0) is 4.79 Å². The Balaban J connectivity index is 2.58. The van der Waals surface area contributed by atoms with Crippen molar-refractivity contribution < 1.29 is 9.90 Å². The lowest BCUT2D eigenvalue weighted by molar-refractivity contribution is -0.136. The van der Waals surface area contributed by atoms with E-state index in [1.165, 1.54) is 0 Å². The lowest BCUT2D eigenvalue weighted by Gasteiger charge is -2.29. The predicted molar refractivity (Wildman–Crippen MR) is 72.4 cm³/mol. The number of carbonyl (C=O) groups is 1. The second kappa shape index (κ2) is 7.07. The Hall–Kier alpha value is -0.650. The number of hydrogen-bond donors (Lipinski definition) is 2. The summed E-state index contributed by atoms with van der Waals surface area (Å²) in [4.78, 5) is 16.3. The van der Waals surface area contributed by atoms with E-state index in [-0.39, 0.29) is 24.0 Å². The number of likely N-dealkylation sites (tertiary alicyclic amines) is 1. The van der Waals surface area contributed by atoms with Crippen LogP contribution in [0.1, 0.15) is 20.3 Å². The molecule has 106 valence electrons. The Bertz CT molecular complexity index is 271. The van der Waals surface area contributed by atoms with E-state index in [1.807, 2.05) is 32.8 Å². The van der Waals surface area contributed by atoms with Crippen LogP contribution in [0.4, 0.5) is 0 Å². The smallest absolute Gasteiger partial charge is 0.227 e. The zero-order valence-electron chi connectivity index (χ0n) is 12.0. The van der Waals surface area contributed by atoms with Crippen molar-refractivity contribution in [3.8, 4) is 0 Å². The molecule has 1 saturated heterocycles. The highest BCUT2D eigenvalue weighted by Gasteiger charge is 2.35. The van der Waals surface area contributed by atoms with Gasteiger partial charge in [0.25, 0.3) is 0 Å². The Labute approximate surface area is 110 Å². The number of aliphatic hydroxyl groups is 1. The van der Waals surface area contributed by atoms with Gasteiger partial charge in [0, 0.05) is 31.6 Å². The van der Waals surface area contributed by atoms with Crippen LogP contribution in [0.25, 0.3) is 0 Å². The van der Waals surface area contributed by atoms with Gasteiger partial charge in [0.05, 0.1) is 6.10 Å². The molecule has 1 aliphatic heterocycles. The van der Waals surface area contributed by atoms with Gasteiger partial charge in [-0.05, 0) is 27.1 Å². The quantitative estimate of drug-likeness (QED) is 0.689. The van der Waals surface area contributed by atoms with E-state index in [4.69, 9.17) is 0 Å². The summed E-state index contributed by atoms with van der Waals surface area (Å²) >= 11 is 0. The molecule has 0 aromatic carbocycles. The third kappa shape index (κ3) is 4.23. The van der Waals surface area contributed by atoms with Crippen LogP contribution in [0, 0.1) is 5.92 Å². The monoisotopic (exact) mass is 257 g/mol. The standard InChI is InChI=1S/C13H27N3O2/c1-5-14-7-10(2)13(18)16-9-12(17)6-11(16)8-15(3)4/h10-12,14,17H,5-9H2,1-4H3. The van der Waals surface area contributed by atoms with Gasteiger partial charge in [-0.1, -0.05) is 13.8 Å². The number of likely N-dealkylation sites (N-methyl/N-ethyl adjacent to an activating group) is 1. The van der Waals surface area contributed by atoms with Crippen LogP contribution >= 0.6 is 0 Å². The van der Waals surface area contributed by atoms with Gasteiger partial charge in [-0.2, -0.15) is 0 Å². The number of carbonyl (C=O) groups excluding carboxylic acids is 1. The zero-order valence-corrected chi connectivity index (χ0v) is 12.0. The summed E-state index contributed by atoms with van der Waals surface area (Å²) in [5, 5.41) is 13.0. The lowest BCUT2D eigenvalue weighted by atomic mass is 10.1. The molecule has 0 radical (unpaired) electrons. The number of nitrogens with zero attached hydrogens (tertiary/aromatic N) is 2. The van der Waals surface area contributed by atoms with Crippen LogP contribution < -0.4 is 5.32 Å². The van der Waals surface area contributed by atoms with E-state index in [9.17, 15) is 9.90 Å². The van der Waals surface area contributed by atoms with Crippen LogP contribution in [0.15, 0.2) is 0 Å². The van der Waals surface area contributed by atoms with Gasteiger partial charge < -0.3 is 20.2 Å². The maximum atomic E-state index is 12.3. The molecule has 0 bridgehead atoms. The van der Waals surface area contributed by atoms with Crippen LogP contribution in [-0.4, -0.2) is 73.2 Å². The summed E-state index contributed by atoms with van der Waals surface area (Å²) in [6, 6.07) is 0.145. The SMILES string of the molecule is CCNCC(C)C(=O)N1CC(O)CC1CN(C)C.